The summed E-state index contributed by atoms with van der Waals surface area (Å²) in [4.78, 5) is 10.8. The molecule has 0 saturated carbocycles. The van der Waals surface area contributed by atoms with Gasteiger partial charge in [0.15, 0.2) is 0 Å². The second kappa shape index (κ2) is 8.67. The Bertz CT molecular complexity index is 680. The molecule has 0 bridgehead atoms. The molecule has 0 spiro atoms. The molecule has 0 radical (unpaired) electrons. The maximum absolute atomic E-state index is 9.58. The summed E-state index contributed by atoms with van der Waals surface area (Å²) >= 11 is 0. The Labute approximate surface area is 148 Å². The second-order valence-corrected chi connectivity index (χ2v) is 6.33. The first-order chi connectivity index (χ1) is 12.3. The van der Waals surface area contributed by atoms with Gasteiger partial charge in [0, 0.05) is 12.6 Å². The van der Waals surface area contributed by atoms with Gasteiger partial charge in [-0.05, 0) is 37.8 Å². The van der Waals surface area contributed by atoms with Gasteiger partial charge in [0.2, 0.25) is 0 Å². The fourth-order valence-electron chi connectivity index (χ4n) is 3.15. The van der Waals surface area contributed by atoms with Gasteiger partial charge in [-0.25, -0.2) is 9.97 Å². The minimum Gasteiger partial charge on any atom is -0.491 e. The number of ether oxygens (including phenoxy) is 1. The van der Waals surface area contributed by atoms with Crippen LogP contribution in [0.25, 0.3) is 0 Å². The topological polar surface area (TPSA) is 70.5 Å². The number of aliphatic hydroxyl groups excluding tert-OH is 1. The number of nitrogens with one attached hydrogen (secondary N) is 1. The first kappa shape index (κ1) is 17.5. The van der Waals surface area contributed by atoms with Crippen LogP contribution in [0.15, 0.2) is 36.7 Å². The highest BCUT2D eigenvalue weighted by Gasteiger charge is 2.23. The number of rotatable bonds is 7. The molecule has 1 unspecified atom stereocenters. The van der Waals surface area contributed by atoms with Crippen molar-refractivity contribution in [3.05, 3.63) is 42.2 Å². The van der Waals surface area contributed by atoms with Crippen LogP contribution in [0.3, 0.4) is 0 Å². The number of hydrogen-bond donors (Lipinski definition) is 2. The van der Waals surface area contributed by atoms with Gasteiger partial charge in [-0.15, -0.1) is 0 Å². The van der Waals surface area contributed by atoms with Crippen molar-refractivity contribution in [2.45, 2.75) is 32.2 Å². The van der Waals surface area contributed by atoms with Crippen LogP contribution in [0, 0.1) is 6.92 Å². The van der Waals surface area contributed by atoms with E-state index < -0.39 is 0 Å². The molecular formula is C19H26N4O2. The molecule has 6 heteroatoms. The van der Waals surface area contributed by atoms with Crippen LogP contribution < -0.4 is 15.0 Å². The highest BCUT2D eigenvalue weighted by molar-refractivity contribution is 5.49. The van der Waals surface area contributed by atoms with E-state index in [2.05, 4.69) is 20.2 Å². The number of para-hydroxylation sites is 1. The Morgan fingerprint density at radius 1 is 1.28 bits per heavy atom. The van der Waals surface area contributed by atoms with Gasteiger partial charge in [0.05, 0.1) is 19.2 Å². The Balaban J connectivity index is 1.54. The van der Waals surface area contributed by atoms with Crippen LogP contribution in [0.2, 0.25) is 0 Å². The number of aromatic nitrogens is 2. The number of benzene rings is 1. The number of nitrogens with zero attached hydrogens (tertiary/aromatic N) is 3. The Hall–Kier alpha value is -2.34. The minimum atomic E-state index is 0.154. The van der Waals surface area contributed by atoms with Gasteiger partial charge in [-0.2, -0.15) is 0 Å². The van der Waals surface area contributed by atoms with Gasteiger partial charge in [-0.1, -0.05) is 18.2 Å². The van der Waals surface area contributed by atoms with E-state index in [1.54, 1.807) is 6.33 Å². The monoisotopic (exact) mass is 342 g/mol. The molecule has 0 amide bonds. The van der Waals surface area contributed by atoms with Gasteiger partial charge >= 0.3 is 0 Å². The van der Waals surface area contributed by atoms with Crippen molar-refractivity contribution in [1.29, 1.82) is 0 Å². The molecule has 1 aromatic carbocycles. The zero-order chi connectivity index (χ0) is 17.5. The molecule has 3 rings (SSSR count). The third-order valence-corrected chi connectivity index (χ3v) is 4.54. The SMILES string of the molecule is Cc1ccccc1OCCNc1cc(N2CCCCC2CO)ncn1. The van der Waals surface area contributed by atoms with Crippen LogP contribution in [0.5, 0.6) is 5.75 Å². The minimum absolute atomic E-state index is 0.154. The number of hydrogen-bond acceptors (Lipinski definition) is 6. The molecular weight excluding hydrogens is 316 g/mol. The van der Waals surface area contributed by atoms with Crippen molar-refractivity contribution >= 4 is 11.6 Å². The molecule has 1 aliphatic heterocycles. The number of piperidine rings is 1. The van der Waals surface area contributed by atoms with E-state index in [4.69, 9.17) is 4.74 Å². The molecule has 6 nitrogen and oxygen atoms in total. The third-order valence-electron chi connectivity index (χ3n) is 4.54. The van der Waals surface area contributed by atoms with Gasteiger partial charge in [-0.3, -0.25) is 0 Å². The molecule has 1 aliphatic rings. The highest BCUT2D eigenvalue weighted by atomic mass is 16.5. The van der Waals surface area contributed by atoms with Crippen molar-refractivity contribution in [2.24, 2.45) is 0 Å². The number of aryl methyl sites for hydroxylation is 1. The fraction of sp³-hybridized carbons (Fsp3) is 0.474. The summed E-state index contributed by atoms with van der Waals surface area (Å²) in [5, 5.41) is 12.9. The third kappa shape index (κ3) is 4.60. The summed E-state index contributed by atoms with van der Waals surface area (Å²) in [5.74, 6) is 2.56. The summed E-state index contributed by atoms with van der Waals surface area (Å²) in [6, 6.07) is 10.1. The van der Waals surface area contributed by atoms with Gasteiger partial charge < -0.3 is 20.1 Å². The van der Waals surface area contributed by atoms with Crippen molar-refractivity contribution < 1.29 is 9.84 Å². The van der Waals surface area contributed by atoms with E-state index in [-0.39, 0.29) is 12.6 Å². The van der Waals surface area contributed by atoms with Crippen molar-refractivity contribution in [2.75, 3.05) is 36.5 Å². The maximum Gasteiger partial charge on any atom is 0.134 e. The highest BCUT2D eigenvalue weighted by Crippen LogP contribution is 2.24. The predicted molar refractivity (Wildman–Crippen MR) is 99.3 cm³/mol. The number of anilines is 2. The van der Waals surface area contributed by atoms with Crippen LogP contribution in [0.4, 0.5) is 11.6 Å². The first-order valence-electron chi connectivity index (χ1n) is 8.90. The van der Waals surface area contributed by atoms with Crippen molar-refractivity contribution in [3.8, 4) is 5.75 Å². The zero-order valence-corrected chi connectivity index (χ0v) is 14.7. The van der Waals surface area contributed by atoms with Crippen LogP contribution in [-0.2, 0) is 0 Å². The molecule has 2 N–H and O–H groups in total. The van der Waals surface area contributed by atoms with E-state index >= 15 is 0 Å². The molecule has 25 heavy (non-hydrogen) atoms. The lowest BCUT2D eigenvalue weighted by Crippen LogP contribution is -2.42. The lowest BCUT2D eigenvalue weighted by atomic mass is 10.0. The summed E-state index contributed by atoms with van der Waals surface area (Å²) < 4.78 is 5.79. The smallest absolute Gasteiger partial charge is 0.134 e. The van der Waals surface area contributed by atoms with Crippen molar-refractivity contribution in [3.63, 3.8) is 0 Å². The molecule has 1 saturated heterocycles. The van der Waals surface area contributed by atoms with Gasteiger partial charge in [0.25, 0.3) is 0 Å². The van der Waals surface area contributed by atoms with Crippen LogP contribution >= 0.6 is 0 Å². The summed E-state index contributed by atoms with van der Waals surface area (Å²) in [6.45, 7) is 4.35. The molecule has 2 aromatic rings. The maximum atomic E-state index is 9.58. The summed E-state index contributed by atoms with van der Waals surface area (Å²) in [5.41, 5.74) is 1.13. The molecule has 134 valence electrons. The van der Waals surface area contributed by atoms with Crippen LogP contribution in [-0.4, -0.2) is 47.4 Å². The lowest BCUT2D eigenvalue weighted by molar-refractivity contribution is 0.239. The van der Waals surface area contributed by atoms with Gasteiger partial charge in [0.1, 0.15) is 30.3 Å². The fourth-order valence-corrected chi connectivity index (χ4v) is 3.15. The standard InChI is InChI=1S/C19H26N4O2/c1-15-6-2-3-8-17(15)25-11-9-20-18-12-19(22-14-21-18)23-10-5-4-7-16(23)13-24/h2-3,6,8,12,14,16,24H,4-5,7,9-11,13H2,1H3,(H,20,21,22). The molecule has 0 aliphatic carbocycles. The second-order valence-electron chi connectivity index (χ2n) is 6.33. The van der Waals surface area contributed by atoms with Crippen LogP contribution in [0.1, 0.15) is 24.8 Å². The molecule has 2 heterocycles. The quantitative estimate of drug-likeness (QED) is 0.754. The van der Waals surface area contributed by atoms with Crippen molar-refractivity contribution in [1.82, 2.24) is 9.97 Å². The summed E-state index contributed by atoms with van der Waals surface area (Å²) in [7, 11) is 0. The average Bonchev–Trinajstić information content (AvgIpc) is 2.67. The normalized spacial score (nSPS) is 17.4. The van der Waals surface area contributed by atoms with E-state index in [0.717, 1.165) is 48.8 Å². The lowest BCUT2D eigenvalue weighted by Gasteiger charge is -2.35. The predicted octanol–water partition coefficient (Wildman–Crippen LogP) is 2.63. The Kier molecular flexibility index (Phi) is 6.06. The molecule has 1 fully saturated rings. The Morgan fingerprint density at radius 3 is 3.00 bits per heavy atom. The van der Waals surface area contributed by atoms with E-state index in [1.165, 1.54) is 0 Å². The zero-order valence-electron chi connectivity index (χ0n) is 14.7. The Morgan fingerprint density at radius 2 is 2.16 bits per heavy atom. The van der Waals surface area contributed by atoms with E-state index in [9.17, 15) is 5.11 Å². The largest absolute Gasteiger partial charge is 0.491 e. The summed E-state index contributed by atoms with van der Waals surface area (Å²) in [6.07, 6.45) is 4.87. The van der Waals surface area contributed by atoms with E-state index in [1.807, 2.05) is 37.3 Å². The average molecular weight is 342 g/mol. The van der Waals surface area contributed by atoms with E-state index in [0.29, 0.717) is 13.2 Å². The molecule has 1 atom stereocenters. The number of aliphatic hydroxyl groups is 1. The first-order valence-corrected chi connectivity index (χ1v) is 8.90. The molecule has 1 aromatic heterocycles.